The molecule has 1 fully saturated rings. The molecule has 1 aliphatic rings. The first kappa shape index (κ1) is 20.6. The second-order valence-corrected chi connectivity index (χ2v) is 8.59. The van der Waals surface area contributed by atoms with Crippen LogP contribution in [0.4, 0.5) is 5.82 Å². The van der Waals surface area contributed by atoms with Gasteiger partial charge in [0.1, 0.15) is 11.6 Å². The number of morpholine rings is 1. The van der Waals surface area contributed by atoms with Gasteiger partial charge in [-0.2, -0.15) is 0 Å². The highest BCUT2D eigenvalue weighted by Crippen LogP contribution is 2.26. The number of thiophene rings is 1. The van der Waals surface area contributed by atoms with E-state index in [0.717, 1.165) is 29.3 Å². The quantitative estimate of drug-likeness (QED) is 0.649. The van der Waals surface area contributed by atoms with E-state index in [4.69, 9.17) is 9.15 Å². The fourth-order valence-electron chi connectivity index (χ4n) is 3.59. The van der Waals surface area contributed by atoms with Crippen LogP contribution in [-0.2, 0) is 22.5 Å². The van der Waals surface area contributed by atoms with E-state index in [1.165, 1.54) is 0 Å². The fraction of sp³-hybridized carbons (Fsp3) is 0.409. The predicted molar refractivity (Wildman–Crippen MR) is 117 cm³/mol. The molecule has 0 unspecified atom stereocenters. The molecule has 8 heteroatoms. The van der Waals surface area contributed by atoms with Crippen LogP contribution in [-0.4, -0.2) is 41.2 Å². The molecule has 4 heterocycles. The Labute approximate surface area is 180 Å². The van der Waals surface area contributed by atoms with Gasteiger partial charge in [0.25, 0.3) is 0 Å². The maximum absolute atomic E-state index is 12.4. The Kier molecular flexibility index (Phi) is 6.15. The van der Waals surface area contributed by atoms with Crippen molar-refractivity contribution in [2.45, 2.75) is 45.9 Å². The number of pyridine rings is 1. The Morgan fingerprint density at radius 3 is 2.73 bits per heavy atom. The maximum Gasteiger partial charge on any atom is 0.236 e. The SMILES string of the molecule is Cc1oc(-c2cccs2)nc1CC(=O)NCc1ccc(N2C[C@H](C)O[C@@H](C)C2)nc1. The molecule has 3 aromatic heterocycles. The second-order valence-electron chi connectivity index (χ2n) is 7.64. The summed E-state index contributed by atoms with van der Waals surface area (Å²) in [6, 6.07) is 7.91. The van der Waals surface area contributed by atoms with Crippen molar-refractivity contribution in [3.63, 3.8) is 0 Å². The van der Waals surface area contributed by atoms with Crippen molar-refractivity contribution in [1.29, 1.82) is 0 Å². The Bertz CT molecular complexity index is 974. The molecule has 0 radical (unpaired) electrons. The number of aryl methyl sites for hydroxylation is 1. The molecule has 1 aliphatic heterocycles. The molecule has 1 N–H and O–H groups in total. The summed E-state index contributed by atoms with van der Waals surface area (Å²) in [4.78, 5) is 24.6. The summed E-state index contributed by atoms with van der Waals surface area (Å²) in [7, 11) is 0. The van der Waals surface area contributed by atoms with Gasteiger partial charge in [-0.05, 0) is 43.8 Å². The Hall–Kier alpha value is -2.71. The minimum atomic E-state index is -0.0935. The summed E-state index contributed by atoms with van der Waals surface area (Å²) in [5.41, 5.74) is 1.62. The molecule has 0 saturated carbocycles. The van der Waals surface area contributed by atoms with Gasteiger partial charge >= 0.3 is 0 Å². The van der Waals surface area contributed by atoms with E-state index in [2.05, 4.69) is 34.0 Å². The first-order valence-corrected chi connectivity index (χ1v) is 11.0. The van der Waals surface area contributed by atoms with Crippen molar-refractivity contribution in [3.05, 3.63) is 52.9 Å². The Balaban J connectivity index is 1.31. The van der Waals surface area contributed by atoms with E-state index < -0.39 is 0 Å². The van der Waals surface area contributed by atoms with E-state index in [1.54, 1.807) is 11.3 Å². The highest BCUT2D eigenvalue weighted by atomic mass is 32.1. The number of nitrogens with one attached hydrogen (secondary N) is 1. The maximum atomic E-state index is 12.4. The first-order valence-electron chi connectivity index (χ1n) is 10.1. The Morgan fingerprint density at radius 1 is 1.27 bits per heavy atom. The predicted octanol–water partition coefficient (Wildman–Crippen LogP) is 3.58. The molecule has 7 nitrogen and oxygen atoms in total. The third kappa shape index (κ3) is 4.88. The minimum Gasteiger partial charge on any atom is -0.440 e. The lowest BCUT2D eigenvalue weighted by Crippen LogP contribution is -2.45. The number of nitrogens with zero attached hydrogens (tertiary/aromatic N) is 3. The Morgan fingerprint density at radius 2 is 2.07 bits per heavy atom. The van der Waals surface area contributed by atoms with Gasteiger partial charge in [0.2, 0.25) is 11.8 Å². The number of hydrogen-bond acceptors (Lipinski definition) is 7. The van der Waals surface area contributed by atoms with Crippen LogP contribution >= 0.6 is 11.3 Å². The summed E-state index contributed by atoms with van der Waals surface area (Å²) in [5.74, 6) is 2.08. The molecule has 1 saturated heterocycles. The number of anilines is 1. The molecule has 0 bridgehead atoms. The zero-order valence-electron chi connectivity index (χ0n) is 17.4. The smallest absolute Gasteiger partial charge is 0.236 e. The molecule has 3 aromatic rings. The number of oxazole rings is 1. The topological polar surface area (TPSA) is 80.5 Å². The fourth-order valence-corrected chi connectivity index (χ4v) is 4.24. The zero-order valence-corrected chi connectivity index (χ0v) is 18.2. The van der Waals surface area contributed by atoms with Crippen LogP contribution in [0.3, 0.4) is 0 Å². The summed E-state index contributed by atoms with van der Waals surface area (Å²) in [6.07, 6.45) is 2.39. The molecule has 0 spiro atoms. The van der Waals surface area contributed by atoms with Crippen molar-refractivity contribution in [2.24, 2.45) is 0 Å². The van der Waals surface area contributed by atoms with Crippen LogP contribution in [0, 0.1) is 6.92 Å². The highest BCUT2D eigenvalue weighted by molar-refractivity contribution is 7.13. The number of ether oxygens (including phenoxy) is 1. The van der Waals surface area contributed by atoms with Crippen LogP contribution in [0.2, 0.25) is 0 Å². The van der Waals surface area contributed by atoms with Crippen molar-refractivity contribution < 1.29 is 13.9 Å². The highest BCUT2D eigenvalue weighted by Gasteiger charge is 2.23. The average Bonchev–Trinajstić information content (AvgIpc) is 3.36. The number of aromatic nitrogens is 2. The summed E-state index contributed by atoms with van der Waals surface area (Å²) < 4.78 is 11.5. The molecular weight excluding hydrogens is 400 g/mol. The zero-order chi connectivity index (χ0) is 21.1. The van der Waals surface area contributed by atoms with Gasteiger partial charge in [0, 0.05) is 25.8 Å². The van der Waals surface area contributed by atoms with Crippen molar-refractivity contribution in [2.75, 3.05) is 18.0 Å². The molecule has 0 aromatic carbocycles. The third-order valence-corrected chi connectivity index (χ3v) is 5.85. The van der Waals surface area contributed by atoms with Crippen LogP contribution in [0.5, 0.6) is 0 Å². The van der Waals surface area contributed by atoms with E-state index in [1.807, 2.05) is 42.8 Å². The number of carbonyl (C=O) groups is 1. The molecule has 0 aliphatic carbocycles. The van der Waals surface area contributed by atoms with Crippen LogP contribution in [0.1, 0.15) is 30.9 Å². The van der Waals surface area contributed by atoms with Crippen LogP contribution in [0.25, 0.3) is 10.8 Å². The molecule has 4 rings (SSSR count). The van der Waals surface area contributed by atoms with Crippen molar-refractivity contribution >= 4 is 23.1 Å². The largest absolute Gasteiger partial charge is 0.440 e. The van der Waals surface area contributed by atoms with Gasteiger partial charge in [0.05, 0.1) is 29.2 Å². The lowest BCUT2D eigenvalue weighted by Gasteiger charge is -2.36. The molecule has 2 atom stereocenters. The monoisotopic (exact) mass is 426 g/mol. The van der Waals surface area contributed by atoms with Gasteiger partial charge < -0.3 is 19.4 Å². The number of rotatable bonds is 6. The summed E-state index contributed by atoms with van der Waals surface area (Å²) in [6.45, 7) is 8.08. The normalized spacial score (nSPS) is 19.1. The van der Waals surface area contributed by atoms with Crippen LogP contribution in [0.15, 0.2) is 40.3 Å². The molecule has 30 heavy (non-hydrogen) atoms. The second kappa shape index (κ2) is 8.97. The van der Waals surface area contributed by atoms with Gasteiger partial charge in [-0.3, -0.25) is 4.79 Å². The lowest BCUT2D eigenvalue weighted by atomic mass is 10.2. The standard InChI is InChI=1S/C22H26N4O3S/c1-14-12-26(13-15(2)28-14)20-7-6-17(10-23-20)11-24-21(27)9-18-16(3)29-22(25-18)19-5-4-8-30-19/h4-8,10,14-15H,9,11-13H2,1-3H3,(H,24,27)/t14-,15-/m0/s1. The van der Waals surface area contributed by atoms with Gasteiger partial charge in [-0.15, -0.1) is 11.3 Å². The van der Waals surface area contributed by atoms with E-state index in [9.17, 15) is 4.79 Å². The van der Waals surface area contributed by atoms with E-state index in [-0.39, 0.29) is 24.5 Å². The van der Waals surface area contributed by atoms with E-state index in [0.29, 0.717) is 23.9 Å². The molecule has 1 amide bonds. The van der Waals surface area contributed by atoms with Gasteiger partial charge in [0.15, 0.2) is 0 Å². The first-order chi connectivity index (χ1) is 14.5. The summed E-state index contributed by atoms with van der Waals surface area (Å²) >= 11 is 1.56. The van der Waals surface area contributed by atoms with Gasteiger partial charge in [-0.25, -0.2) is 9.97 Å². The molecule has 158 valence electrons. The van der Waals surface area contributed by atoms with Crippen molar-refractivity contribution in [3.8, 4) is 10.8 Å². The molecular formula is C22H26N4O3S. The number of amides is 1. The van der Waals surface area contributed by atoms with Crippen LogP contribution < -0.4 is 10.2 Å². The average molecular weight is 427 g/mol. The van der Waals surface area contributed by atoms with Crippen molar-refractivity contribution in [1.82, 2.24) is 15.3 Å². The number of hydrogen-bond donors (Lipinski definition) is 1. The minimum absolute atomic E-state index is 0.0935. The summed E-state index contributed by atoms with van der Waals surface area (Å²) in [5, 5.41) is 4.91. The number of carbonyl (C=O) groups excluding carboxylic acids is 1. The van der Waals surface area contributed by atoms with Gasteiger partial charge in [-0.1, -0.05) is 12.1 Å². The lowest BCUT2D eigenvalue weighted by molar-refractivity contribution is -0.120. The van der Waals surface area contributed by atoms with E-state index >= 15 is 0 Å². The third-order valence-electron chi connectivity index (χ3n) is 5.00.